The average molecular weight is 475 g/mol. The van der Waals surface area contributed by atoms with E-state index in [0.29, 0.717) is 51.9 Å². The maximum atomic E-state index is 13.3. The Hall–Kier alpha value is -2.52. The van der Waals surface area contributed by atoms with Crippen molar-refractivity contribution in [2.45, 2.75) is 56.8 Å². The number of nitrogens with zero attached hydrogens (tertiary/aromatic N) is 3. The topological polar surface area (TPSA) is 82.2 Å². The summed E-state index contributed by atoms with van der Waals surface area (Å²) in [5, 5.41) is 3.09. The van der Waals surface area contributed by atoms with Crippen LogP contribution in [0.1, 0.15) is 37.7 Å². The van der Waals surface area contributed by atoms with Gasteiger partial charge >= 0.3 is 5.97 Å². The molecule has 3 heterocycles. The number of hydrogen-bond donors (Lipinski definition) is 1. The SMILES string of the molecule is COC(=O)C1CCN(C(=O)CCC2CNC(=O)C3C(CCN3Cc3ccc(F)cc3)N2C)CC1. The van der Waals surface area contributed by atoms with Crippen molar-refractivity contribution in [3.63, 3.8) is 0 Å². The predicted octanol–water partition coefficient (Wildman–Crippen LogP) is 1.39. The lowest BCUT2D eigenvalue weighted by Crippen LogP contribution is -2.49. The van der Waals surface area contributed by atoms with E-state index in [2.05, 4.69) is 22.2 Å². The van der Waals surface area contributed by atoms with Gasteiger partial charge in [0.25, 0.3) is 0 Å². The number of nitrogens with one attached hydrogen (secondary N) is 1. The Labute approximate surface area is 200 Å². The van der Waals surface area contributed by atoms with Gasteiger partial charge in [-0.1, -0.05) is 12.1 Å². The third kappa shape index (κ3) is 5.41. The second-order valence-electron chi connectivity index (χ2n) is 9.68. The van der Waals surface area contributed by atoms with Crippen molar-refractivity contribution >= 4 is 17.8 Å². The molecule has 8 nitrogen and oxygen atoms in total. The number of ether oxygens (including phenoxy) is 1. The van der Waals surface area contributed by atoms with Gasteiger partial charge in [0, 0.05) is 51.2 Å². The lowest BCUT2D eigenvalue weighted by molar-refractivity contribution is -0.149. The zero-order valence-corrected chi connectivity index (χ0v) is 20.0. The van der Waals surface area contributed by atoms with Crippen LogP contribution in [0.25, 0.3) is 0 Å². The third-order valence-electron chi connectivity index (χ3n) is 7.72. The first-order valence-corrected chi connectivity index (χ1v) is 12.2. The lowest BCUT2D eigenvalue weighted by Gasteiger charge is -2.34. The number of piperidine rings is 1. The third-order valence-corrected chi connectivity index (χ3v) is 7.72. The fourth-order valence-corrected chi connectivity index (χ4v) is 5.63. The van der Waals surface area contributed by atoms with Crippen LogP contribution in [0.3, 0.4) is 0 Å². The average Bonchev–Trinajstić information content (AvgIpc) is 3.23. The van der Waals surface area contributed by atoms with E-state index < -0.39 is 0 Å². The van der Waals surface area contributed by atoms with Crippen molar-refractivity contribution < 1.29 is 23.5 Å². The highest BCUT2D eigenvalue weighted by Gasteiger charge is 2.45. The summed E-state index contributed by atoms with van der Waals surface area (Å²) in [5.74, 6) is -0.444. The molecule has 4 rings (SSSR count). The normalized spacial score (nSPS) is 26.6. The first-order valence-electron chi connectivity index (χ1n) is 12.2. The number of likely N-dealkylation sites (tertiary alicyclic amines) is 2. The van der Waals surface area contributed by atoms with E-state index in [1.54, 1.807) is 12.1 Å². The van der Waals surface area contributed by atoms with Crippen LogP contribution < -0.4 is 5.32 Å². The molecule has 1 N–H and O–H groups in total. The van der Waals surface area contributed by atoms with Gasteiger partial charge in [0.15, 0.2) is 0 Å². The first-order chi connectivity index (χ1) is 16.4. The molecule has 186 valence electrons. The van der Waals surface area contributed by atoms with Gasteiger partial charge in [0.1, 0.15) is 11.9 Å². The van der Waals surface area contributed by atoms with E-state index in [4.69, 9.17) is 4.74 Å². The van der Waals surface area contributed by atoms with Gasteiger partial charge in [-0.3, -0.25) is 24.2 Å². The number of amides is 2. The molecule has 0 saturated carbocycles. The number of carbonyl (C=O) groups is 3. The van der Waals surface area contributed by atoms with E-state index >= 15 is 0 Å². The quantitative estimate of drug-likeness (QED) is 0.628. The van der Waals surface area contributed by atoms with Gasteiger partial charge < -0.3 is 15.0 Å². The molecule has 3 atom stereocenters. The minimum absolute atomic E-state index is 0.0233. The molecule has 0 radical (unpaired) electrons. The van der Waals surface area contributed by atoms with Crippen LogP contribution in [-0.4, -0.2) is 90.9 Å². The highest BCUT2D eigenvalue weighted by atomic mass is 19.1. The van der Waals surface area contributed by atoms with Crippen molar-refractivity contribution in [3.8, 4) is 0 Å². The Morgan fingerprint density at radius 1 is 1.12 bits per heavy atom. The zero-order chi connectivity index (χ0) is 24.2. The molecule has 1 aromatic carbocycles. The summed E-state index contributed by atoms with van der Waals surface area (Å²) in [7, 11) is 3.45. The minimum atomic E-state index is -0.264. The second-order valence-corrected chi connectivity index (χ2v) is 9.68. The molecule has 1 aromatic rings. The molecule has 9 heteroatoms. The summed E-state index contributed by atoms with van der Waals surface area (Å²) in [6.45, 7) is 3.08. The molecule has 3 aliphatic heterocycles. The number of likely N-dealkylation sites (N-methyl/N-ethyl adjacent to an activating group) is 1. The Bertz CT molecular complexity index is 887. The fourth-order valence-electron chi connectivity index (χ4n) is 5.63. The summed E-state index contributed by atoms with van der Waals surface area (Å²) in [6, 6.07) is 6.35. The minimum Gasteiger partial charge on any atom is -0.469 e. The van der Waals surface area contributed by atoms with Gasteiger partial charge in [-0.2, -0.15) is 0 Å². The molecule has 2 amide bonds. The van der Waals surface area contributed by atoms with Crippen LogP contribution in [0.15, 0.2) is 24.3 Å². The standard InChI is InChI=1S/C25H35FN4O4/c1-28-20(7-8-22(31)29-12-9-18(10-13-29)25(33)34-2)15-27-24(32)23-21(28)11-14-30(23)16-17-3-5-19(26)6-4-17/h3-6,18,20-21,23H,7-16H2,1-2H3,(H,27,32). The summed E-state index contributed by atoms with van der Waals surface area (Å²) in [5.41, 5.74) is 0.986. The molecule has 3 fully saturated rings. The molecule has 0 bridgehead atoms. The van der Waals surface area contributed by atoms with Crippen LogP contribution >= 0.6 is 0 Å². The highest BCUT2D eigenvalue weighted by molar-refractivity contribution is 5.83. The molecular formula is C25H35FN4O4. The van der Waals surface area contributed by atoms with Crippen LogP contribution in [-0.2, 0) is 25.7 Å². The Morgan fingerprint density at radius 3 is 2.50 bits per heavy atom. The van der Waals surface area contributed by atoms with Gasteiger partial charge in [-0.05, 0) is 50.4 Å². The molecule has 34 heavy (non-hydrogen) atoms. The molecular weight excluding hydrogens is 439 g/mol. The van der Waals surface area contributed by atoms with Gasteiger partial charge in [0.05, 0.1) is 13.0 Å². The van der Waals surface area contributed by atoms with Crippen molar-refractivity contribution in [3.05, 3.63) is 35.6 Å². The van der Waals surface area contributed by atoms with E-state index in [0.717, 1.165) is 18.5 Å². The second kappa shape index (κ2) is 10.8. The summed E-state index contributed by atoms with van der Waals surface area (Å²) < 4.78 is 18.1. The number of hydrogen-bond acceptors (Lipinski definition) is 6. The Morgan fingerprint density at radius 2 is 1.82 bits per heavy atom. The predicted molar refractivity (Wildman–Crippen MR) is 124 cm³/mol. The number of halogens is 1. The smallest absolute Gasteiger partial charge is 0.308 e. The van der Waals surface area contributed by atoms with Crippen molar-refractivity contribution in [2.75, 3.05) is 40.3 Å². The van der Waals surface area contributed by atoms with E-state index in [1.165, 1.54) is 19.2 Å². The number of esters is 1. The number of methoxy groups -OCH3 is 1. The maximum Gasteiger partial charge on any atom is 0.308 e. The summed E-state index contributed by atoms with van der Waals surface area (Å²) >= 11 is 0. The van der Waals surface area contributed by atoms with Crippen LogP contribution in [0.4, 0.5) is 4.39 Å². The molecule has 0 aromatic heterocycles. The molecule has 3 unspecified atom stereocenters. The van der Waals surface area contributed by atoms with E-state index in [9.17, 15) is 18.8 Å². The Kier molecular flexibility index (Phi) is 7.83. The molecule has 3 saturated heterocycles. The monoisotopic (exact) mass is 474 g/mol. The lowest BCUT2D eigenvalue weighted by atomic mass is 9.96. The molecule has 3 aliphatic rings. The van der Waals surface area contributed by atoms with Crippen molar-refractivity contribution in [1.29, 1.82) is 0 Å². The number of carbonyl (C=O) groups excluding carboxylic acids is 3. The number of fused-ring (bicyclic) bond motifs is 1. The van der Waals surface area contributed by atoms with E-state index in [-0.39, 0.29) is 47.6 Å². The molecule has 0 aliphatic carbocycles. The van der Waals surface area contributed by atoms with Gasteiger partial charge in [0.2, 0.25) is 11.8 Å². The molecule has 0 spiro atoms. The highest BCUT2D eigenvalue weighted by Crippen LogP contribution is 2.29. The van der Waals surface area contributed by atoms with Crippen molar-refractivity contribution in [1.82, 2.24) is 20.0 Å². The summed E-state index contributed by atoms with van der Waals surface area (Å²) in [6.07, 6.45) is 3.26. The van der Waals surface area contributed by atoms with Crippen LogP contribution in [0.2, 0.25) is 0 Å². The van der Waals surface area contributed by atoms with Crippen LogP contribution in [0, 0.1) is 11.7 Å². The fraction of sp³-hybridized carbons (Fsp3) is 0.640. The number of benzene rings is 1. The van der Waals surface area contributed by atoms with Crippen LogP contribution in [0.5, 0.6) is 0 Å². The summed E-state index contributed by atoms with van der Waals surface area (Å²) in [4.78, 5) is 43.8. The van der Waals surface area contributed by atoms with Gasteiger partial charge in [-0.15, -0.1) is 0 Å². The first kappa shape index (κ1) is 24.6. The largest absolute Gasteiger partial charge is 0.469 e. The van der Waals surface area contributed by atoms with E-state index in [1.807, 2.05) is 4.90 Å². The van der Waals surface area contributed by atoms with Gasteiger partial charge in [-0.25, -0.2) is 4.39 Å². The Balaban J connectivity index is 1.31. The zero-order valence-electron chi connectivity index (χ0n) is 20.0. The number of rotatable bonds is 6. The van der Waals surface area contributed by atoms with Crippen molar-refractivity contribution in [2.24, 2.45) is 5.92 Å². The maximum absolute atomic E-state index is 13.3.